The van der Waals surface area contributed by atoms with Gasteiger partial charge in [0, 0.05) is 23.1 Å². The Hall–Kier alpha value is -1.90. The van der Waals surface area contributed by atoms with Gasteiger partial charge in [0.25, 0.3) is 10.0 Å². The van der Waals surface area contributed by atoms with Gasteiger partial charge in [-0.15, -0.1) is 0 Å². The van der Waals surface area contributed by atoms with Crippen LogP contribution in [0.25, 0.3) is 0 Å². The normalized spacial score (nSPS) is 11.3. The molecule has 0 bridgehead atoms. The van der Waals surface area contributed by atoms with E-state index in [1.807, 2.05) is 12.1 Å². The van der Waals surface area contributed by atoms with E-state index in [-0.39, 0.29) is 11.4 Å². The Bertz CT molecular complexity index is 1260. The van der Waals surface area contributed by atoms with Crippen molar-refractivity contribution < 1.29 is 13.2 Å². The van der Waals surface area contributed by atoms with Gasteiger partial charge in [0.1, 0.15) is 6.54 Å². The number of halogens is 3. The van der Waals surface area contributed by atoms with E-state index in [0.717, 1.165) is 9.87 Å². The zero-order chi connectivity index (χ0) is 24.7. The molecule has 0 unspecified atom stereocenters. The molecule has 34 heavy (non-hydrogen) atoms. The predicted octanol–water partition coefficient (Wildman–Crippen LogP) is 6.20. The molecule has 5 nitrogen and oxygen atoms in total. The third-order valence-corrected chi connectivity index (χ3v) is 8.90. The van der Waals surface area contributed by atoms with E-state index >= 15 is 0 Å². The van der Waals surface area contributed by atoms with Gasteiger partial charge in [-0.1, -0.05) is 65.1 Å². The van der Waals surface area contributed by atoms with Crippen molar-refractivity contribution >= 4 is 68.2 Å². The Morgan fingerprint density at radius 1 is 0.941 bits per heavy atom. The van der Waals surface area contributed by atoms with Crippen molar-refractivity contribution in [3.8, 4) is 0 Å². The van der Waals surface area contributed by atoms with Crippen molar-refractivity contribution in [3.63, 3.8) is 0 Å². The van der Waals surface area contributed by atoms with Crippen molar-refractivity contribution in [2.75, 3.05) is 23.1 Å². The number of rotatable bonds is 10. The Labute approximate surface area is 219 Å². The molecule has 0 radical (unpaired) electrons. The van der Waals surface area contributed by atoms with Gasteiger partial charge in [0.2, 0.25) is 5.91 Å². The van der Waals surface area contributed by atoms with Crippen LogP contribution < -0.4 is 9.62 Å². The summed E-state index contributed by atoms with van der Waals surface area (Å²) in [6.07, 6.45) is 0. The zero-order valence-electron chi connectivity index (χ0n) is 18.3. The topological polar surface area (TPSA) is 66.5 Å². The second-order valence-corrected chi connectivity index (χ2v) is 11.5. The van der Waals surface area contributed by atoms with Gasteiger partial charge in [-0.05, 0) is 54.4 Å². The standard InChI is InChI=1S/C24H23Cl3N2O3S2/c1-17-20(25)8-5-9-23(17)29(34(31,32)19-6-3-2-4-7-19)15-24(30)28-12-13-33-16-18-10-11-21(26)22(27)14-18/h2-11,14H,12-13,15-16H2,1H3,(H,28,30). The van der Waals surface area contributed by atoms with Crippen molar-refractivity contribution in [3.05, 3.63) is 92.9 Å². The lowest BCUT2D eigenvalue weighted by Crippen LogP contribution is -2.41. The lowest BCUT2D eigenvalue weighted by molar-refractivity contribution is -0.119. The fourth-order valence-corrected chi connectivity index (χ4v) is 5.95. The highest BCUT2D eigenvalue weighted by molar-refractivity contribution is 7.98. The second-order valence-electron chi connectivity index (χ2n) is 7.36. The number of sulfonamides is 1. The van der Waals surface area contributed by atoms with E-state index in [4.69, 9.17) is 34.8 Å². The van der Waals surface area contributed by atoms with Crippen LogP contribution in [0.5, 0.6) is 0 Å². The molecule has 3 rings (SSSR count). The Kier molecular flexibility index (Phi) is 9.56. The average molecular weight is 558 g/mol. The number of nitrogens with one attached hydrogen (secondary N) is 1. The molecule has 0 aliphatic heterocycles. The van der Waals surface area contributed by atoms with E-state index in [2.05, 4.69) is 5.32 Å². The monoisotopic (exact) mass is 556 g/mol. The van der Waals surface area contributed by atoms with Crippen LogP contribution in [0.3, 0.4) is 0 Å². The number of hydrogen-bond acceptors (Lipinski definition) is 4. The van der Waals surface area contributed by atoms with Crippen molar-refractivity contribution in [2.24, 2.45) is 0 Å². The highest BCUT2D eigenvalue weighted by Gasteiger charge is 2.28. The summed E-state index contributed by atoms with van der Waals surface area (Å²) in [6.45, 7) is 1.75. The van der Waals surface area contributed by atoms with Crippen LogP contribution >= 0.6 is 46.6 Å². The molecule has 0 heterocycles. The van der Waals surface area contributed by atoms with Gasteiger partial charge in [-0.2, -0.15) is 11.8 Å². The number of amides is 1. The van der Waals surface area contributed by atoms with Crippen LogP contribution in [0.15, 0.2) is 71.6 Å². The maximum absolute atomic E-state index is 13.4. The quantitative estimate of drug-likeness (QED) is 0.301. The first-order valence-corrected chi connectivity index (χ1v) is 14.0. The summed E-state index contributed by atoms with van der Waals surface area (Å²) in [5, 5.41) is 4.23. The average Bonchev–Trinajstić information content (AvgIpc) is 2.82. The smallest absolute Gasteiger partial charge is 0.264 e. The molecule has 180 valence electrons. The maximum atomic E-state index is 13.4. The number of benzene rings is 3. The minimum atomic E-state index is -3.98. The Morgan fingerprint density at radius 3 is 2.38 bits per heavy atom. The number of carbonyl (C=O) groups excluding carboxylic acids is 1. The summed E-state index contributed by atoms with van der Waals surface area (Å²) >= 11 is 19.8. The van der Waals surface area contributed by atoms with Crippen LogP contribution in [0.4, 0.5) is 5.69 Å². The molecule has 0 atom stereocenters. The van der Waals surface area contributed by atoms with Gasteiger partial charge >= 0.3 is 0 Å². The predicted molar refractivity (Wildman–Crippen MR) is 143 cm³/mol. The first kappa shape index (κ1) is 26.7. The Morgan fingerprint density at radius 2 is 1.68 bits per heavy atom. The molecule has 0 aliphatic carbocycles. The molecular formula is C24H23Cl3N2O3S2. The molecule has 0 saturated carbocycles. The highest BCUT2D eigenvalue weighted by atomic mass is 35.5. The van der Waals surface area contributed by atoms with Crippen LogP contribution in [0, 0.1) is 6.92 Å². The van der Waals surface area contributed by atoms with Crippen LogP contribution in [-0.2, 0) is 20.6 Å². The summed E-state index contributed by atoms with van der Waals surface area (Å²) in [6, 6.07) is 18.5. The van der Waals surface area contributed by atoms with Crippen molar-refractivity contribution in [2.45, 2.75) is 17.6 Å². The Balaban J connectivity index is 1.66. The lowest BCUT2D eigenvalue weighted by Gasteiger charge is -2.26. The van der Waals surface area contributed by atoms with Crippen LogP contribution in [0.1, 0.15) is 11.1 Å². The fourth-order valence-electron chi connectivity index (χ4n) is 3.15. The first-order chi connectivity index (χ1) is 16.2. The molecule has 0 aromatic heterocycles. The maximum Gasteiger partial charge on any atom is 0.264 e. The van der Waals surface area contributed by atoms with Gasteiger partial charge in [0.15, 0.2) is 0 Å². The number of nitrogens with zero attached hydrogens (tertiary/aromatic N) is 1. The molecule has 0 aliphatic rings. The van der Waals surface area contributed by atoms with E-state index < -0.39 is 15.9 Å². The van der Waals surface area contributed by atoms with E-state index in [1.165, 1.54) is 12.1 Å². The summed E-state index contributed by atoms with van der Waals surface area (Å²) in [5.41, 5.74) is 1.97. The second kappa shape index (κ2) is 12.2. The molecule has 0 saturated heterocycles. The molecule has 1 amide bonds. The summed E-state index contributed by atoms with van der Waals surface area (Å²) in [5.74, 6) is 0.949. The van der Waals surface area contributed by atoms with Crippen molar-refractivity contribution in [1.82, 2.24) is 5.32 Å². The van der Waals surface area contributed by atoms with E-state index in [9.17, 15) is 13.2 Å². The number of anilines is 1. The molecule has 0 spiro atoms. The van der Waals surface area contributed by atoms with Crippen LogP contribution in [0.2, 0.25) is 15.1 Å². The third kappa shape index (κ3) is 6.83. The zero-order valence-corrected chi connectivity index (χ0v) is 22.2. The number of thioether (sulfide) groups is 1. The number of carbonyl (C=O) groups is 1. The molecule has 1 N–H and O–H groups in total. The molecule has 3 aromatic carbocycles. The lowest BCUT2D eigenvalue weighted by atomic mass is 10.2. The fraction of sp³-hybridized carbons (Fsp3) is 0.208. The minimum absolute atomic E-state index is 0.0966. The van der Waals surface area contributed by atoms with Gasteiger partial charge in [-0.3, -0.25) is 9.10 Å². The SMILES string of the molecule is Cc1c(Cl)cccc1N(CC(=O)NCCSCc1ccc(Cl)c(Cl)c1)S(=O)(=O)c1ccccc1. The van der Waals surface area contributed by atoms with Gasteiger partial charge in [-0.25, -0.2) is 8.42 Å². The summed E-state index contributed by atoms with van der Waals surface area (Å²) in [4.78, 5) is 12.8. The van der Waals surface area contributed by atoms with Gasteiger partial charge < -0.3 is 5.32 Å². The van der Waals surface area contributed by atoms with E-state index in [1.54, 1.807) is 61.2 Å². The molecule has 10 heteroatoms. The van der Waals surface area contributed by atoms with Crippen LogP contribution in [-0.4, -0.2) is 33.2 Å². The molecule has 0 fully saturated rings. The number of hydrogen-bond donors (Lipinski definition) is 1. The molecule has 3 aromatic rings. The van der Waals surface area contributed by atoms with E-state index in [0.29, 0.717) is 44.4 Å². The summed E-state index contributed by atoms with van der Waals surface area (Å²) in [7, 11) is -3.98. The van der Waals surface area contributed by atoms with Gasteiger partial charge in [0.05, 0.1) is 20.6 Å². The minimum Gasteiger partial charge on any atom is -0.354 e. The highest BCUT2D eigenvalue weighted by Crippen LogP contribution is 2.30. The van der Waals surface area contributed by atoms with Crippen molar-refractivity contribution in [1.29, 1.82) is 0 Å². The largest absolute Gasteiger partial charge is 0.354 e. The third-order valence-electron chi connectivity index (χ3n) is 4.95. The first-order valence-electron chi connectivity index (χ1n) is 10.3. The molecular weight excluding hydrogens is 535 g/mol. The summed E-state index contributed by atoms with van der Waals surface area (Å²) < 4.78 is 27.9.